The Morgan fingerprint density at radius 3 is 2.42 bits per heavy atom. The molecule has 0 atom stereocenters. The number of hydrogen-bond donors (Lipinski definition) is 1. The molecule has 0 aliphatic rings. The standard InChI is InChI=1S/C12H17N3O4/c1-9(2)4-3-7-13-11-6-5-10(14(16)17)8-12(11)15(18)19/h5-6,8-9,13H,3-4,7H2,1-2H3. The van der Waals surface area contributed by atoms with Crippen LogP contribution in [0.2, 0.25) is 0 Å². The van der Waals surface area contributed by atoms with Crippen molar-refractivity contribution in [3.8, 4) is 0 Å². The monoisotopic (exact) mass is 267 g/mol. The van der Waals surface area contributed by atoms with Gasteiger partial charge in [0.25, 0.3) is 11.4 Å². The van der Waals surface area contributed by atoms with Gasteiger partial charge in [-0.3, -0.25) is 20.2 Å². The number of nitro benzene ring substituents is 2. The zero-order chi connectivity index (χ0) is 14.4. The normalized spacial score (nSPS) is 10.5. The van der Waals surface area contributed by atoms with Crippen LogP contribution in [-0.4, -0.2) is 16.4 Å². The molecule has 0 aromatic heterocycles. The predicted octanol–water partition coefficient (Wildman–Crippen LogP) is 3.35. The molecule has 1 rings (SSSR count). The van der Waals surface area contributed by atoms with Gasteiger partial charge in [-0.1, -0.05) is 13.8 Å². The van der Waals surface area contributed by atoms with Crippen LogP contribution in [0.3, 0.4) is 0 Å². The fourth-order valence-corrected chi connectivity index (χ4v) is 1.67. The number of benzene rings is 1. The van der Waals surface area contributed by atoms with Gasteiger partial charge in [0.05, 0.1) is 15.9 Å². The molecule has 0 saturated carbocycles. The fourth-order valence-electron chi connectivity index (χ4n) is 1.67. The highest BCUT2D eigenvalue weighted by molar-refractivity contribution is 5.65. The fraction of sp³-hybridized carbons (Fsp3) is 0.500. The van der Waals surface area contributed by atoms with Gasteiger partial charge in [-0.05, 0) is 24.8 Å². The van der Waals surface area contributed by atoms with E-state index >= 15 is 0 Å². The second-order valence-corrected chi connectivity index (χ2v) is 4.68. The third kappa shape index (κ3) is 4.53. The van der Waals surface area contributed by atoms with Crippen molar-refractivity contribution in [2.75, 3.05) is 11.9 Å². The molecule has 7 heteroatoms. The van der Waals surface area contributed by atoms with Crippen LogP contribution in [0, 0.1) is 26.1 Å². The zero-order valence-electron chi connectivity index (χ0n) is 11.0. The molecule has 0 aliphatic carbocycles. The van der Waals surface area contributed by atoms with Gasteiger partial charge >= 0.3 is 0 Å². The zero-order valence-corrected chi connectivity index (χ0v) is 11.0. The van der Waals surface area contributed by atoms with Gasteiger partial charge < -0.3 is 5.32 Å². The maximum Gasteiger partial charge on any atom is 0.299 e. The molecule has 0 radical (unpaired) electrons. The first-order valence-electron chi connectivity index (χ1n) is 6.08. The van der Waals surface area contributed by atoms with Crippen LogP contribution in [0.5, 0.6) is 0 Å². The Morgan fingerprint density at radius 1 is 1.21 bits per heavy atom. The van der Waals surface area contributed by atoms with Crippen molar-refractivity contribution in [1.29, 1.82) is 0 Å². The van der Waals surface area contributed by atoms with E-state index in [1.54, 1.807) is 0 Å². The number of rotatable bonds is 7. The molecule has 7 nitrogen and oxygen atoms in total. The molecule has 1 aromatic rings. The minimum atomic E-state index is -0.643. The van der Waals surface area contributed by atoms with Crippen molar-refractivity contribution in [2.45, 2.75) is 26.7 Å². The van der Waals surface area contributed by atoms with E-state index in [2.05, 4.69) is 19.2 Å². The molecule has 0 spiro atoms. The summed E-state index contributed by atoms with van der Waals surface area (Å²) in [5.41, 5.74) is -0.225. The second-order valence-electron chi connectivity index (χ2n) is 4.68. The number of nitro groups is 2. The highest BCUT2D eigenvalue weighted by atomic mass is 16.6. The largest absolute Gasteiger partial charge is 0.379 e. The van der Waals surface area contributed by atoms with E-state index in [0.717, 1.165) is 18.9 Å². The van der Waals surface area contributed by atoms with Crippen molar-refractivity contribution < 1.29 is 9.85 Å². The Labute approximate surface area is 110 Å². The van der Waals surface area contributed by atoms with Crippen molar-refractivity contribution in [3.63, 3.8) is 0 Å². The average molecular weight is 267 g/mol. The van der Waals surface area contributed by atoms with Gasteiger partial charge in [0.2, 0.25) is 0 Å². The van der Waals surface area contributed by atoms with Crippen LogP contribution in [0.25, 0.3) is 0 Å². The Hall–Kier alpha value is -2.18. The quantitative estimate of drug-likeness (QED) is 0.464. The molecule has 0 aliphatic heterocycles. The molecule has 0 fully saturated rings. The van der Waals surface area contributed by atoms with E-state index in [1.807, 2.05) is 0 Å². The summed E-state index contributed by atoms with van der Waals surface area (Å²) >= 11 is 0. The lowest BCUT2D eigenvalue weighted by atomic mass is 10.1. The molecule has 19 heavy (non-hydrogen) atoms. The van der Waals surface area contributed by atoms with Crippen molar-refractivity contribution in [1.82, 2.24) is 0 Å². The maximum absolute atomic E-state index is 10.9. The highest BCUT2D eigenvalue weighted by Crippen LogP contribution is 2.28. The van der Waals surface area contributed by atoms with Crippen LogP contribution in [0.15, 0.2) is 18.2 Å². The average Bonchev–Trinajstić information content (AvgIpc) is 2.34. The smallest absolute Gasteiger partial charge is 0.299 e. The molecule has 0 bridgehead atoms. The van der Waals surface area contributed by atoms with Gasteiger partial charge in [-0.2, -0.15) is 0 Å². The molecule has 104 valence electrons. The number of hydrogen-bond acceptors (Lipinski definition) is 5. The topological polar surface area (TPSA) is 98.3 Å². The van der Waals surface area contributed by atoms with Crippen LogP contribution < -0.4 is 5.32 Å². The van der Waals surface area contributed by atoms with Crippen molar-refractivity contribution >= 4 is 17.1 Å². The number of anilines is 1. The summed E-state index contributed by atoms with van der Waals surface area (Å²) in [5, 5.41) is 24.4. The lowest BCUT2D eigenvalue weighted by molar-refractivity contribution is -0.393. The summed E-state index contributed by atoms with van der Waals surface area (Å²) in [7, 11) is 0. The van der Waals surface area contributed by atoms with Crippen molar-refractivity contribution in [2.24, 2.45) is 5.92 Å². The van der Waals surface area contributed by atoms with Gasteiger partial charge in [0, 0.05) is 12.6 Å². The molecule has 1 aromatic carbocycles. The van der Waals surface area contributed by atoms with Gasteiger partial charge in [-0.25, -0.2) is 0 Å². The lowest BCUT2D eigenvalue weighted by Crippen LogP contribution is -2.05. The van der Waals surface area contributed by atoms with Gasteiger partial charge in [0.1, 0.15) is 5.69 Å². The third-order valence-corrected chi connectivity index (χ3v) is 2.66. The lowest BCUT2D eigenvalue weighted by Gasteiger charge is -2.08. The predicted molar refractivity (Wildman–Crippen MR) is 72.3 cm³/mol. The van der Waals surface area contributed by atoms with Crippen LogP contribution in [-0.2, 0) is 0 Å². The Bertz CT molecular complexity index is 474. The molecular weight excluding hydrogens is 250 g/mol. The van der Waals surface area contributed by atoms with E-state index in [1.165, 1.54) is 12.1 Å². The first-order chi connectivity index (χ1) is 8.91. The number of non-ortho nitro benzene ring substituents is 1. The Morgan fingerprint density at radius 2 is 1.89 bits per heavy atom. The summed E-state index contributed by atoms with van der Waals surface area (Å²) in [6, 6.07) is 3.62. The summed E-state index contributed by atoms with van der Waals surface area (Å²) < 4.78 is 0. The molecule has 0 saturated heterocycles. The first-order valence-corrected chi connectivity index (χ1v) is 6.08. The van der Waals surface area contributed by atoms with E-state index in [9.17, 15) is 20.2 Å². The molecule has 0 heterocycles. The SMILES string of the molecule is CC(C)CCCNc1ccc([N+](=O)[O-])cc1[N+](=O)[O-]. The third-order valence-electron chi connectivity index (χ3n) is 2.66. The van der Waals surface area contributed by atoms with Gasteiger partial charge in [0.15, 0.2) is 0 Å². The van der Waals surface area contributed by atoms with Crippen molar-refractivity contribution in [3.05, 3.63) is 38.4 Å². The summed E-state index contributed by atoms with van der Waals surface area (Å²) in [4.78, 5) is 20.2. The minimum Gasteiger partial charge on any atom is -0.379 e. The van der Waals surface area contributed by atoms with E-state index in [-0.39, 0.29) is 11.4 Å². The molecular formula is C12H17N3O4. The Balaban J connectivity index is 2.77. The molecule has 0 amide bonds. The highest BCUT2D eigenvalue weighted by Gasteiger charge is 2.18. The van der Waals surface area contributed by atoms with Crippen LogP contribution in [0.4, 0.5) is 17.1 Å². The Kier molecular flexibility index (Phi) is 5.23. The summed E-state index contributed by atoms with van der Waals surface area (Å²) in [6.07, 6.45) is 1.92. The number of nitrogens with one attached hydrogen (secondary N) is 1. The summed E-state index contributed by atoms with van der Waals surface area (Å²) in [6.45, 7) is 4.82. The second kappa shape index (κ2) is 6.67. The van der Waals surface area contributed by atoms with E-state index in [4.69, 9.17) is 0 Å². The summed E-state index contributed by atoms with van der Waals surface area (Å²) in [5.74, 6) is 0.577. The van der Waals surface area contributed by atoms with E-state index in [0.29, 0.717) is 18.2 Å². The first kappa shape index (κ1) is 14.9. The number of nitrogens with zero attached hydrogens (tertiary/aromatic N) is 2. The maximum atomic E-state index is 10.9. The van der Waals surface area contributed by atoms with Crippen LogP contribution in [0.1, 0.15) is 26.7 Å². The molecule has 0 unspecified atom stereocenters. The van der Waals surface area contributed by atoms with E-state index < -0.39 is 9.85 Å². The van der Waals surface area contributed by atoms with Gasteiger partial charge in [-0.15, -0.1) is 0 Å². The minimum absolute atomic E-state index is 0.265. The molecule has 1 N–H and O–H groups in total. The van der Waals surface area contributed by atoms with Crippen LogP contribution >= 0.6 is 0 Å².